The summed E-state index contributed by atoms with van der Waals surface area (Å²) in [6.07, 6.45) is 0. The topological polar surface area (TPSA) is 73.6 Å². The van der Waals surface area contributed by atoms with Gasteiger partial charge in [-0.15, -0.1) is 0 Å². The molecule has 1 N–H and O–H groups in total. The standard InChI is InChI=1S/C21H18BrClN2O4/c1-28-20-11-15(12-24-17-6-8-18(9-7-17)25(26)27)10-19(22)21(20)29-13-14-2-4-16(23)5-3-14/h2-11,24H,12-13H2,1H3. The van der Waals surface area contributed by atoms with Crippen molar-refractivity contribution in [2.45, 2.75) is 13.2 Å². The number of ether oxygens (including phenoxy) is 2. The zero-order chi connectivity index (χ0) is 20.8. The van der Waals surface area contributed by atoms with E-state index in [0.29, 0.717) is 29.7 Å². The minimum absolute atomic E-state index is 0.0575. The van der Waals surface area contributed by atoms with Gasteiger partial charge in [0.15, 0.2) is 11.5 Å². The molecule has 0 bridgehead atoms. The number of nitrogens with zero attached hydrogens (tertiary/aromatic N) is 1. The third-order valence-corrected chi connectivity index (χ3v) is 5.00. The van der Waals surface area contributed by atoms with Crippen molar-refractivity contribution in [1.82, 2.24) is 0 Å². The molecule has 3 rings (SSSR count). The fourth-order valence-electron chi connectivity index (χ4n) is 2.66. The van der Waals surface area contributed by atoms with E-state index in [1.54, 1.807) is 19.2 Å². The molecule has 3 aromatic carbocycles. The van der Waals surface area contributed by atoms with Crippen LogP contribution in [-0.4, -0.2) is 12.0 Å². The number of hydrogen-bond donors (Lipinski definition) is 1. The molecule has 0 aliphatic heterocycles. The van der Waals surface area contributed by atoms with E-state index in [-0.39, 0.29) is 5.69 Å². The van der Waals surface area contributed by atoms with Gasteiger partial charge in [0, 0.05) is 29.4 Å². The predicted octanol–water partition coefficient (Wildman–Crippen LogP) is 6.21. The molecule has 6 nitrogen and oxygen atoms in total. The summed E-state index contributed by atoms with van der Waals surface area (Å²) in [7, 11) is 1.59. The Bertz CT molecular complexity index is 995. The van der Waals surface area contributed by atoms with Gasteiger partial charge in [-0.25, -0.2) is 0 Å². The fraction of sp³-hybridized carbons (Fsp3) is 0.143. The second-order valence-electron chi connectivity index (χ2n) is 6.18. The molecule has 0 saturated carbocycles. The van der Waals surface area contributed by atoms with Crippen LogP contribution >= 0.6 is 27.5 Å². The van der Waals surface area contributed by atoms with Crippen LogP contribution in [0, 0.1) is 10.1 Å². The van der Waals surface area contributed by atoms with Gasteiger partial charge in [-0.2, -0.15) is 0 Å². The number of halogens is 2. The highest BCUT2D eigenvalue weighted by Gasteiger charge is 2.12. The second kappa shape index (κ2) is 9.62. The quantitative estimate of drug-likeness (QED) is 0.308. The van der Waals surface area contributed by atoms with E-state index in [0.717, 1.165) is 21.3 Å². The molecule has 0 atom stereocenters. The van der Waals surface area contributed by atoms with Crippen LogP contribution in [0.4, 0.5) is 11.4 Å². The number of rotatable bonds is 8. The van der Waals surface area contributed by atoms with E-state index in [2.05, 4.69) is 21.2 Å². The summed E-state index contributed by atoms with van der Waals surface area (Å²) in [5, 5.41) is 14.7. The van der Waals surface area contributed by atoms with Crippen LogP contribution in [-0.2, 0) is 13.2 Å². The van der Waals surface area contributed by atoms with Crippen molar-refractivity contribution >= 4 is 38.9 Å². The number of methoxy groups -OCH3 is 1. The minimum atomic E-state index is -0.422. The van der Waals surface area contributed by atoms with Gasteiger partial charge in [0.1, 0.15) is 6.61 Å². The molecule has 150 valence electrons. The van der Waals surface area contributed by atoms with E-state index in [1.807, 2.05) is 36.4 Å². The smallest absolute Gasteiger partial charge is 0.269 e. The lowest BCUT2D eigenvalue weighted by molar-refractivity contribution is -0.384. The van der Waals surface area contributed by atoms with E-state index in [4.69, 9.17) is 21.1 Å². The molecule has 0 unspecified atom stereocenters. The van der Waals surface area contributed by atoms with Crippen LogP contribution in [0.25, 0.3) is 0 Å². The van der Waals surface area contributed by atoms with Crippen LogP contribution in [0.5, 0.6) is 11.5 Å². The fourth-order valence-corrected chi connectivity index (χ4v) is 3.39. The number of nitro benzene ring substituents is 1. The molecule has 0 aromatic heterocycles. The Morgan fingerprint density at radius 2 is 1.76 bits per heavy atom. The van der Waals surface area contributed by atoms with E-state index < -0.39 is 4.92 Å². The first kappa shape index (κ1) is 21.0. The molecule has 0 radical (unpaired) electrons. The Balaban J connectivity index is 1.68. The number of nitro groups is 1. The molecule has 0 fully saturated rings. The summed E-state index contributed by atoms with van der Waals surface area (Å²) in [6.45, 7) is 0.900. The molecule has 0 spiro atoms. The molecular weight excluding hydrogens is 460 g/mol. The first-order chi connectivity index (χ1) is 14.0. The summed E-state index contributed by atoms with van der Waals surface area (Å²) >= 11 is 9.46. The highest BCUT2D eigenvalue weighted by atomic mass is 79.9. The SMILES string of the molecule is COc1cc(CNc2ccc([N+](=O)[O-])cc2)cc(Br)c1OCc1ccc(Cl)cc1. The number of non-ortho nitro benzene ring substituents is 1. The van der Waals surface area contributed by atoms with E-state index in [1.165, 1.54) is 12.1 Å². The van der Waals surface area contributed by atoms with Crippen LogP contribution in [0.2, 0.25) is 5.02 Å². The van der Waals surface area contributed by atoms with Crippen LogP contribution in [0.3, 0.4) is 0 Å². The Kier molecular flexibility index (Phi) is 6.95. The second-order valence-corrected chi connectivity index (χ2v) is 7.47. The Labute approximate surface area is 181 Å². The minimum Gasteiger partial charge on any atom is -0.493 e. The molecule has 0 amide bonds. The summed E-state index contributed by atoms with van der Waals surface area (Å²) in [5.41, 5.74) is 2.80. The number of benzene rings is 3. The van der Waals surface area contributed by atoms with Crippen molar-refractivity contribution in [2.24, 2.45) is 0 Å². The van der Waals surface area contributed by atoms with E-state index >= 15 is 0 Å². The molecule has 0 aliphatic carbocycles. The van der Waals surface area contributed by atoms with Crippen molar-refractivity contribution in [3.05, 3.63) is 91.4 Å². The number of hydrogen-bond acceptors (Lipinski definition) is 5. The summed E-state index contributed by atoms with van der Waals surface area (Å²) in [4.78, 5) is 10.3. The lowest BCUT2D eigenvalue weighted by Gasteiger charge is -2.15. The van der Waals surface area contributed by atoms with Gasteiger partial charge in [0.25, 0.3) is 5.69 Å². The molecule has 29 heavy (non-hydrogen) atoms. The van der Waals surface area contributed by atoms with Crippen LogP contribution in [0.1, 0.15) is 11.1 Å². The predicted molar refractivity (Wildman–Crippen MR) is 117 cm³/mol. The van der Waals surface area contributed by atoms with Gasteiger partial charge < -0.3 is 14.8 Å². The Hall–Kier alpha value is -2.77. The van der Waals surface area contributed by atoms with Gasteiger partial charge in [0.05, 0.1) is 16.5 Å². The van der Waals surface area contributed by atoms with Gasteiger partial charge in [-0.1, -0.05) is 23.7 Å². The largest absolute Gasteiger partial charge is 0.493 e. The first-order valence-electron chi connectivity index (χ1n) is 8.68. The monoisotopic (exact) mass is 476 g/mol. The lowest BCUT2D eigenvalue weighted by atomic mass is 10.2. The number of anilines is 1. The molecule has 0 heterocycles. The average molecular weight is 478 g/mol. The molecule has 0 aliphatic rings. The third kappa shape index (κ3) is 5.62. The highest BCUT2D eigenvalue weighted by Crippen LogP contribution is 2.37. The zero-order valence-corrected chi connectivity index (χ0v) is 17.9. The maximum absolute atomic E-state index is 10.7. The van der Waals surface area contributed by atoms with Gasteiger partial charge in [-0.3, -0.25) is 10.1 Å². The van der Waals surface area contributed by atoms with Crippen molar-refractivity contribution < 1.29 is 14.4 Å². The third-order valence-electron chi connectivity index (χ3n) is 4.16. The summed E-state index contributed by atoms with van der Waals surface area (Å²) in [6, 6.07) is 17.6. The Morgan fingerprint density at radius 1 is 1.07 bits per heavy atom. The van der Waals surface area contributed by atoms with Crippen molar-refractivity contribution in [2.75, 3.05) is 12.4 Å². The molecule has 8 heteroatoms. The van der Waals surface area contributed by atoms with Crippen LogP contribution in [0.15, 0.2) is 65.1 Å². The van der Waals surface area contributed by atoms with Gasteiger partial charge in [0.2, 0.25) is 0 Å². The first-order valence-corrected chi connectivity index (χ1v) is 9.85. The van der Waals surface area contributed by atoms with Gasteiger partial charge in [-0.05, 0) is 63.5 Å². The maximum atomic E-state index is 10.7. The number of nitrogens with one attached hydrogen (secondary N) is 1. The zero-order valence-electron chi connectivity index (χ0n) is 15.5. The molecule has 0 saturated heterocycles. The van der Waals surface area contributed by atoms with E-state index in [9.17, 15) is 10.1 Å². The maximum Gasteiger partial charge on any atom is 0.269 e. The Morgan fingerprint density at radius 3 is 2.38 bits per heavy atom. The highest BCUT2D eigenvalue weighted by molar-refractivity contribution is 9.10. The average Bonchev–Trinajstić information content (AvgIpc) is 2.72. The van der Waals surface area contributed by atoms with Crippen molar-refractivity contribution in [3.8, 4) is 11.5 Å². The van der Waals surface area contributed by atoms with Crippen molar-refractivity contribution in [1.29, 1.82) is 0 Å². The molecular formula is C21H18BrClN2O4. The lowest BCUT2D eigenvalue weighted by Crippen LogP contribution is -2.03. The van der Waals surface area contributed by atoms with Crippen molar-refractivity contribution in [3.63, 3.8) is 0 Å². The normalized spacial score (nSPS) is 10.4. The summed E-state index contributed by atoms with van der Waals surface area (Å²) < 4.78 is 12.2. The van der Waals surface area contributed by atoms with Gasteiger partial charge >= 0.3 is 0 Å². The van der Waals surface area contributed by atoms with Crippen LogP contribution < -0.4 is 14.8 Å². The molecule has 3 aromatic rings. The summed E-state index contributed by atoms with van der Waals surface area (Å²) in [5.74, 6) is 1.22.